The molecule has 0 saturated heterocycles. The number of halogens is 1. The van der Waals surface area contributed by atoms with E-state index in [0.717, 1.165) is 36.2 Å². The molecule has 0 atom stereocenters. The summed E-state index contributed by atoms with van der Waals surface area (Å²) in [4.78, 5) is 4.02. The average Bonchev–Trinajstić information content (AvgIpc) is 2.87. The number of nitrogens with one attached hydrogen (secondary N) is 1. The molecule has 0 fully saturated rings. The van der Waals surface area contributed by atoms with Crippen molar-refractivity contribution in [3.05, 3.63) is 41.0 Å². The Morgan fingerprint density at radius 1 is 1.41 bits per heavy atom. The maximum atomic E-state index is 14.4. The monoisotopic (exact) mass is 232 g/mol. The SMILES string of the molecule is Cc1cc(-c2ncco2)c(F)c2c1CNCC2. The molecule has 1 aromatic carbocycles. The van der Waals surface area contributed by atoms with Gasteiger partial charge < -0.3 is 9.73 Å². The minimum absolute atomic E-state index is 0.186. The Kier molecular flexibility index (Phi) is 2.44. The quantitative estimate of drug-likeness (QED) is 0.820. The number of aromatic nitrogens is 1. The molecule has 0 bridgehead atoms. The summed E-state index contributed by atoms with van der Waals surface area (Å²) in [5.74, 6) is 0.168. The topological polar surface area (TPSA) is 38.1 Å². The fourth-order valence-corrected chi connectivity index (χ4v) is 2.35. The van der Waals surface area contributed by atoms with Crippen LogP contribution in [0.3, 0.4) is 0 Å². The lowest BCUT2D eigenvalue weighted by molar-refractivity contribution is 0.546. The second kappa shape index (κ2) is 3.96. The first kappa shape index (κ1) is 10.5. The molecule has 0 amide bonds. The minimum atomic E-state index is -0.186. The van der Waals surface area contributed by atoms with E-state index in [1.54, 1.807) is 0 Å². The number of hydrogen-bond donors (Lipinski definition) is 1. The fourth-order valence-electron chi connectivity index (χ4n) is 2.35. The number of oxazole rings is 1. The van der Waals surface area contributed by atoms with Crippen LogP contribution in [0.2, 0.25) is 0 Å². The van der Waals surface area contributed by atoms with E-state index in [2.05, 4.69) is 10.3 Å². The summed E-state index contributed by atoms with van der Waals surface area (Å²) in [7, 11) is 0. The first-order valence-corrected chi connectivity index (χ1v) is 5.69. The van der Waals surface area contributed by atoms with Crippen LogP contribution >= 0.6 is 0 Å². The van der Waals surface area contributed by atoms with Gasteiger partial charge in [0.25, 0.3) is 0 Å². The van der Waals surface area contributed by atoms with Gasteiger partial charge in [-0.15, -0.1) is 0 Å². The lowest BCUT2D eigenvalue weighted by Crippen LogP contribution is -2.25. The molecule has 0 spiro atoms. The standard InChI is InChI=1S/C13H13FN2O/c1-8-6-10(13-16-4-5-17-13)12(14)9-2-3-15-7-11(8)9/h4-6,15H,2-3,7H2,1H3. The van der Waals surface area contributed by atoms with Crippen molar-refractivity contribution in [1.82, 2.24) is 10.3 Å². The summed E-state index contributed by atoms with van der Waals surface area (Å²) in [5.41, 5.74) is 3.43. The summed E-state index contributed by atoms with van der Waals surface area (Å²) < 4.78 is 19.5. The van der Waals surface area contributed by atoms with Crippen LogP contribution < -0.4 is 5.32 Å². The third kappa shape index (κ3) is 1.65. The molecule has 0 radical (unpaired) electrons. The van der Waals surface area contributed by atoms with Gasteiger partial charge in [-0.05, 0) is 42.6 Å². The van der Waals surface area contributed by atoms with Crippen molar-refractivity contribution in [2.75, 3.05) is 6.54 Å². The van der Waals surface area contributed by atoms with Gasteiger partial charge in [0.15, 0.2) is 0 Å². The van der Waals surface area contributed by atoms with Crippen LogP contribution in [0.25, 0.3) is 11.5 Å². The van der Waals surface area contributed by atoms with E-state index in [0.29, 0.717) is 11.5 Å². The molecule has 1 aromatic heterocycles. The Bertz CT molecular complexity index is 549. The van der Waals surface area contributed by atoms with Gasteiger partial charge in [0.2, 0.25) is 5.89 Å². The predicted octanol–water partition coefficient (Wildman–Crippen LogP) is 2.43. The van der Waals surface area contributed by atoms with E-state index in [4.69, 9.17) is 4.42 Å². The Labute approximate surface area is 98.7 Å². The molecule has 1 aliphatic heterocycles. The Morgan fingerprint density at radius 2 is 2.29 bits per heavy atom. The maximum Gasteiger partial charge on any atom is 0.228 e. The van der Waals surface area contributed by atoms with Gasteiger partial charge >= 0.3 is 0 Å². The zero-order valence-electron chi connectivity index (χ0n) is 9.59. The third-order valence-corrected chi connectivity index (χ3v) is 3.22. The van der Waals surface area contributed by atoms with Gasteiger partial charge in [0.1, 0.15) is 12.1 Å². The Balaban J connectivity index is 2.21. The Hall–Kier alpha value is -1.68. The van der Waals surface area contributed by atoms with E-state index in [9.17, 15) is 4.39 Å². The van der Waals surface area contributed by atoms with Crippen molar-refractivity contribution in [1.29, 1.82) is 0 Å². The molecule has 0 aliphatic carbocycles. The van der Waals surface area contributed by atoms with Gasteiger partial charge in [0, 0.05) is 6.54 Å². The van der Waals surface area contributed by atoms with Crippen LogP contribution in [0, 0.1) is 12.7 Å². The number of aryl methyl sites for hydroxylation is 1. The number of nitrogens with zero attached hydrogens (tertiary/aromatic N) is 1. The first-order chi connectivity index (χ1) is 8.27. The average molecular weight is 232 g/mol. The van der Waals surface area contributed by atoms with E-state index in [1.807, 2.05) is 13.0 Å². The van der Waals surface area contributed by atoms with Crippen molar-refractivity contribution in [2.45, 2.75) is 19.9 Å². The van der Waals surface area contributed by atoms with Gasteiger partial charge in [-0.1, -0.05) is 0 Å². The summed E-state index contributed by atoms with van der Waals surface area (Å²) in [6.45, 7) is 3.56. The number of hydrogen-bond acceptors (Lipinski definition) is 3. The molecule has 88 valence electrons. The molecule has 1 aliphatic rings. The highest BCUT2D eigenvalue weighted by Gasteiger charge is 2.21. The van der Waals surface area contributed by atoms with Crippen LogP contribution in [0.4, 0.5) is 4.39 Å². The van der Waals surface area contributed by atoms with Gasteiger partial charge in [-0.3, -0.25) is 0 Å². The highest BCUT2D eigenvalue weighted by Crippen LogP contribution is 2.30. The predicted molar refractivity (Wildman–Crippen MR) is 62.0 cm³/mol. The second-order valence-corrected chi connectivity index (χ2v) is 4.28. The van der Waals surface area contributed by atoms with Crippen LogP contribution in [-0.2, 0) is 13.0 Å². The highest BCUT2D eigenvalue weighted by atomic mass is 19.1. The number of benzene rings is 1. The smallest absolute Gasteiger partial charge is 0.228 e. The third-order valence-electron chi connectivity index (χ3n) is 3.22. The molecule has 3 nitrogen and oxygen atoms in total. The lowest BCUT2D eigenvalue weighted by atomic mass is 9.93. The molecule has 3 rings (SSSR count). The van der Waals surface area contributed by atoms with Crippen molar-refractivity contribution >= 4 is 0 Å². The maximum absolute atomic E-state index is 14.4. The summed E-state index contributed by atoms with van der Waals surface area (Å²) in [6, 6.07) is 1.81. The minimum Gasteiger partial charge on any atom is -0.444 e. The zero-order chi connectivity index (χ0) is 11.8. The highest BCUT2D eigenvalue weighted by molar-refractivity contribution is 5.60. The van der Waals surface area contributed by atoms with Gasteiger partial charge in [-0.25, -0.2) is 9.37 Å². The fraction of sp³-hybridized carbons (Fsp3) is 0.308. The zero-order valence-corrected chi connectivity index (χ0v) is 9.59. The first-order valence-electron chi connectivity index (χ1n) is 5.69. The molecule has 0 saturated carbocycles. The van der Waals surface area contributed by atoms with E-state index < -0.39 is 0 Å². The largest absolute Gasteiger partial charge is 0.444 e. The van der Waals surface area contributed by atoms with Gasteiger partial charge in [-0.2, -0.15) is 0 Å². The second-order valence-electron chi connectivity index (χ2n) is 4.28. The molecular weight excluding hydrogens is 219 g/mol. The van der Waals surface area contributed by atoms with E-state index in [-0.39, 0.29) is 5.82 Å². The normalized spacial score (nSPS) is 14.7. The van der Waals surface area contributed by atoms with E-state index >= 15 is 0 Å². The van der Waals surface area contributed by atoms with Crippen LogP contribution in [-0.4, -0.2) is 11.5 Å². The van der Waals surface area contributed by atoms with Crippen molar-refractivity contribution in [3.63, 3.8) is 0 Å². The Morgan fingerprint density at radius 3 is 3.06 bits per heavy atom. The summed E-state index contributed by atoms with van der Waals surface area (Å²) in [6.07, 6.45) is 3.72. The molecule has 17 heavy (non-hydrogen) atoms. The van der Waals surface area contributed by atoms with Crippen molar-refractivity contribution in [3.8, 4) is 11.5 Å². The molecule has 2 aromatic rings. The summed E-state index contributed by atoms with van der Waals surface area (Å²) >= 11 is 0. The lowest BCUT2D eigenvalue weighted by Gasteiger charge is -2.21. The molecule has 0 unspecified atom stereocenters. The molecule has 1 N–H and O–H groups in total. The van der Waals surface area contributed by atoms with Crippen LogP contribution in [0.5, 0.6) is 0 Å². The van der Waals surface area contributed by atoms with E-state index in [1.165, 1.54) is 12.5 Å². The van der Waals surface area contributed by atoms with Crippen molar-refractivity contribution < 1.29 is 8.81 Å². The number of fused-ring (bicyclic) bond motifs is 1. The summed E-state index contributed by atoms with van der Waals surface area (Å²) in [5, 5.41) is 3.26. The van der Waals surface area contributed by atoms with Crippen LogP contribution in [0.15, 0.2) is 22.9 Å². The molecular formula is C13H13FN2O. The van der Waals surface area contributed by atoms with Gasteiger partial charge in [0.05, 0.1) is 11.8 Å². The van der Waals surface area contributed by atoms with Crippen molar-refractivity contribution in [2.24, 2.45) is 0 Å². The molecule has 4 heteroatoms. The number of rotatable bonds is 1. The molecule has 2 heterocycles. The van der Waals surface area contributed by atoms with Crippen LogP contribution in [0.1, 0.15) is 16.7 Å².